The van der Waals surface area contributed by atoms with Gasteiger partial charge in [-0.05, 0) is 36.4 Å². The molecule has 0 spiro atoms. The van der Waals surface area contributed by atoms with Crippen molar-refractivity contribution in [2.24, 2.45) is 0 Å². The summed E-state index contributed by atoms with van der Waals surface area (Å²) in [5, 5.41) is 3.62. The maximum Gasteiger partial charge on any atom is 0.300 e. The number of anilines is 3. The highest BCUT2D eigenvalue weighted by molar-refractivity contribution is 9.10. The fourth-order valence-electron chi connectivity index (χ4n) is 1.70. The molecule has 0 radical (unpaired) electrons. The Hall–Kier alpha value is -1.72. The van der Waals surface area contributed by atoms with Gasteiger partial charge in [0.1, 0.15) is 5.52 Å². The van der Waals surface area contributed by atoms with Gasteiger partial charge >= 0.3 is 0 Å². The minimum atomic E-state index is 0.379. The molecule has 0 bridgehead atoms. The Morgan fingerprint density at radius 2 is 2.05 bits per heavy atom. The molecule has 1 heterocycles. The second-order valence-electron chi connectivity index (χ2n) is 4.00. The maximum absolute atomic E-state index is 6.12. The predicted octanol–water partition coefficient (Wildman–Crippen LogP) is 4.57. The first-order chi connectivity index (χ1) is 9.11. The second-order valence-corrected chi connectivity index (χ2v) is 5.32. The van der Waals surface area contributed by atoms with Gasteiger partial charge in [0, 0.05) is 10.2 Å². The molecule has 3 aromatic rings. The average Bonchev–Trinajstić information content (AvgIpc) is 2.74. The number of aromatic nitrogens is 1. The smallest absolute Gasteiger partial charge is 0.300 e. The van der Waals surface area contributed by atoms with Crippen LogP contribution in [0.1, 0.15) is 0 Å². The lowest BCUT2D eigenvalue weighted by molar-refractivity contribution is 0.623. The van der Waals surface area contributed by atoms with E-state index in [0.29, 0.717) is 27.8 Å². The van der Waals surface area contributed by atoms with E-state index in [4.69, 9.17) is 21.8 Å². The Bertz CT molecular complexity index is 757. The van der Waals surface area contributed by atoms with Gasteiger partial charge < -0.3 is 15.5 Å². The van der Waals surface area contributed by atoms with Gasteiger partial charge in [0.15, 0.2) is 5.58 Å². The lowest BCUT2D eigenvalue weighted by Crippen LogP contribution is -1.90. The molecule has 0 atom stereocenters. The number of benzene rings is 2. The van der Waals surface area contributed by atoms with E-state index < -0.39 is 0 Å². The number of hydrogen-bond acceptors (Lipinski definition) is 4. The third-order valence-electron chi connectivity index (χ3n) is 2.58. The molecular formula is C13H9BrClN3O. The molecule has 0 saturated carbocycles. The van der Waals surface area contributed by atoms with E-state index in [9.17, 15) is 0 Å². The van der Waals surface area contributed by atoms with Crippen LogP contribution in [0.15, 0.2) is 45.3 Å². The van der Waals surface area contributed by atoms with Gasteiger partial charge in [-0.15, -0.1) is 0 Å². The summed E-state index contributed by atoms with van der Waals surface area (Å²) in [5.41, 5.74) is 8.45. The monoisotopic (exact) mass is 337 g/mol. The molecule has 0 saturated heterocycles. The molecule has 4 nitrogen and oxygen atoms in total. The van der Waals surface area contributed by atoms with Crippen LogP contribution in [0, 0.1) is 0 Å². The first-order valence-electron chi connectivity index (χ1n) is 5.50. The van der Waals surface area contributed by atoms with E-state index >= 15 is 0 Å². The Labute approximate surface area is 122 Å². The van der Waals surface area contributed by atoms with Gasteiger partial charge in [-0.25, -0.2) is 0 Å². The first-order valence-corrected chi connectivity index (χ1v) is 6.67. The van der Waals surface area contributed by atoms with Crippen LogP contribution >= 0.6 is 27.5 Å². The summed E-state index contributed by atoms with van der Waals surface area (Å²) in [7, 11) is 0. The lowest BCUT2D eigenvalue weighted by atomic mass is 10.3. The van der Waals surface area contributed by atoms with E-state index in [1.165, 1.54) is 0 Å². The molecule has 0 fully saturated rings. The van der Waals surface area contributed by atoms with Crippen molar-refractivity contribution in [2.45, 2.75) is 0 Å². The van der Waals surface area contributed by atoms with Crippen LogP contribution in [-0.2, 0) is 0 Å². The van der Waals surface area contributed by atoms with E-state index in [2.05, 4.69) is 26.2 Å². The molecule has 3 rings (SSSR count). The number of nitrogens with one attached hydrogen (secondary N) is 1. The van der Waals surface area contributed by atoms with Crippen LogP contribution in [0.3, 0.4) is 0 Å². The molecule has 0 amide bonds. The van der Waals surface area contributed by atoms with Crippen LogP contribution in [-0.4, -0.2) is 4.98 Å². The topological polar surface area (TPSA) is 64.1 Å². The first kappa shape index (κ1) is 12.3. The van der Waals surface area contributed by atoms with Gasteiger partial charge in [-0.1, -0.05) is 27.5 Å². The Balaban J connectivity index is 1.96. The van der Waals surface area contributed by atoms with Crippen molar-refractivity contribution in [3.8, 4) is 0 Å². The summed E-state index contributed by atoms with van der Waals surface area (Å²) in [4.78, 5) is 4.30. The number of rotatable bonds is 2. The average molecular weight is 339 g/mol. The Morgan fingerprint density at radius 1 is 1.21 bits per heavy atom. The van der Waals surface area contributed by atoms with Crippen molar-refractivity contribution in [3.05, 3.63) is 45.9 Å². The molecule has 1 aromatic heterocycles. The van der Waals surface area contributed by atoms with E-state index in [0.717, 1.165) is 10.2 Å². The summed E-state index contributed by atoms with van der Waals surface area (Å²) in [6.07, 6.45) is 0. The summed E-state index contributed by atoms with van der Waals surface area (Å²) in [5.74, 6) is 0. The van der Waals surface area contributed by atoms with Crippen molar-refractivity contribution < 1.29 is 4.42 Å². The second kappa shape index (κ2) is 4.75. The van der Waals surface area contributed by atoms with Gasteiger partial charge in [0.05, 0.1) is 10.7 Å². The number of halogens is 2. The van der Waals surface area contributed by atoms with E-state index in [1.807, 2.05) is 12.1 Å². The van der Waals surface area contributed by atoms with Gasteiger partial charge in [-0.3, -0.25) is 0 Å². The summed E-state index contributed by atoms with van der Waals surface area (Å²) in [6, 6.07) is 11.2. The molecule has 0 unspecified atom stereocenters. The minimum absolute atomic E-state index is 0.379. The van der Waals surface area contributed by atoms with Crippen LogP contribution in [0.25, 0.3) is 11.1 Å². The van der Waals surface area contributed by atoms with Gasteiger partial charge in [0.2, 0.25) is 0 Å². The fourth-order valence-corrected chi connectivity index (χ4v) is 2.42. The number of fused-ring (bicyclic) bond motifs is 1. The zero-order valence-corrected chi connectivity index (χ0v) is 12.0. The summed E-state index contributed by atoms with van der Waals surface area (Å²) < 4.78 is 6.47. The normalized spacial score (nSPS) is 10.8. The third kappa shape index (κ3) is 2.52. The highest BCUT2D eigenvalue weighted by atomic mass is 79.9. The van der Waals surface area contributed by atoms with Crippen molar-refractivity contribution in [2.75, 3.05) is 11.1 Å². The van der Waals surface area contributed by atoms with E-state index in [-0.39, 0.29) is 0 Å². The number of oxazole rings is 1. The van der Waals surface area contributed by atoms with Gasteiger partial charge in [-0.2, -0.15) is 4.98 Å². The van der Waals surface area contributed by atoms with Crippen molar-refractivity contribution in [1.82, 2.24) is 4.98 Å². The van der Waals surface area contributed by atoms with Crippen LogP contribution in [0.4, 0.5) is 17.4 Å². The molecular weight excluding hydrogens is 330 g/mol. The number of nitrogens with zero attached hydrogens (tertiary/aromatic N) is 1. The number of hydrogen-bond donors (Lipinski definition) is 2. The zero-order valence-electron chi connectivity index (χ0n) is 9.65. The molecule has 0 aliphatic rings. The van der Waals surface area contributed by atoms with Crippen LogP contribution < -0.4 is 11.1 Å². The quantitative estimate of drug-likeness (QED) is 0.672. The highest BCUT2D eigenvalue weighted by Gasteiger charge is 2.08. The molecule has 19 heavy (non-hydrogen) atoms. The lowest BCUT2D eigenvalue weighted by Gasteiger charge is -2.04. The van der Waals surface area contributed by atoms with E-state index in [1.54, 1.807) is 24.3 Å². The fraction of sp³-hybridized carbons (Fsp3) is 0. The maximum atomic E-state index is 6.12. The zero-order chi connectivity index (χ0) is 13.4. The van der Waals surface area contributed by atoms with Crippen molar-refractivity contribution in [1.29, 1.82) is 0 Å². The predicted molar refractivity (Wildman–Crippen MR) is 80.9 cm³/mol. The molecule has 6 heteroatoms. The summed E-state index contributed by atoms with van der Waals surface area (Å²) in [6.45, 7) is 0. The minimum Gasteiger partial charge on any atom is -0.423 e. The van der Waals surface area contributed by atoms with Crippen LogP contribution in [0.2, 0.25) is 5.02 Å². The Morgan fingerprint density at radius 3 is 2.84 bits per heavy atom. The van der Waals surface area contributed by atoms with Crippen molar-refractivity contribution in [3.63, 3.8) is 0 Å². The molecule has 2 aromatic carbocycles. The van der Waals surface area contributed by atoms with Crippen molar-refractivity contribution >= 4 is 56.0 Å². The Kier molecular flexibility index (Phi) is 3.08. The molecule has 0 aliphatic heterocycles. The molecule has 96 valence electrons. The number of nitrogens with two attached hydrogens (primary N) is 1. The molecule has 0 aliphatic carbocycles. The third-order valence-corrected chi connectivity index (χ3v) is 3.39. The largest absolute Gasteiger partial charge is 0.423 e. The number of nitrogen functional groups attached to an aromatic ring is 1. The van der Waals surface area contributed by atoms with Crippen LogP contribution in [0.5, 0.6) is 0 Å². The van der Waals surface area contributed by atoms with Gasteiger partial charge in [0.25, 0.3) is 6.01 Å². The standard InChI is InChI=1S/C13H9BrClN3O/c14-7-1-3-10(9(15)5-7)17-13-18-11-6-8(16)2-4-12(11)19-13/h1-6H,16H2,(H,17,18). The molecule has 3 N–H and O–H groups in total. The highest BCUT2D eigenvalue weighted by Crippen LogP contribution is 2.29. The SMILES string of the molecule is Nc1ccc2oc(Nc3ccc(Br)cc3Cl)nc2c1. The summed E-state index contributed by atoms with van der Waals surface area (Å²) >= 11 is 9.47.